The second-order valence-electron chi connectivity index (χ2n) is 2.82. The minimum atomic E-state index is 0.591. The second kappa shape index (κ2) is 14.6. The van der Waals surface area contributed by atoms with Crippen LogP contribution in [-0.4, -0.2) is 11.7 Å². The molecule has 0 aliphatic rings. The van der Waals surface area contributed by atoms with Crippen molar-refractivity contribution in [2.24, 2.45) is 0 Å². The summed E-state index contributed by atoms with van der Waals surface area (Å²) < 4.78 is 0. The maximum absolute atomic E-state index is 6.55. The zero-order valence-electron chi connectivity index (χ0n) is 11.4. The smallest absolute Gasteiger partial charge is 0.0399 e. The molecule has 0 aliphatic carbocycles. The second-order valence-corrected chi connectivity index (χ2v) is 2.82. The summed E-state index contributed by atoms with van der Waals surface area (Å²) in [6.07, 6.45) is 3.09. The molecule has 0 aromatic heterocycles. The van der Waals surface area contributed by atoms with Crippen LogP contribution in [0.2, 0.25) is 0 Å². The molecule has 2 heteroatoms. The number of hydrogen-bond donors (Lipinski definition) is 2. The molecule has 0 fully saturated rings. The Hall–Kier alpha value is -4.44. The summed E-state index contributed by atoms with van der Waals surface area (Å²) in [6.45, 7) is 3.60. The van der Waals surface area contributed by atoms with Gasteiger partial charge in [-0.05, 0) is 28.7 Å². The van der Waals surface area contributed by atoms with E-state index in [1.165, 1.54) is 6.08 Å². The quantitative estimate of drug-likeness (QED) is 0.441. The van der Waals surface area contributed by atoms with E-state index >= 15 is 0 Å². The van der Waals surface area contributed by atoms with E-state index in [1.54, 1.807) is 6.08 Å². The van der Waals surface area contributed by atoms with Crippen LogP contribution in [0.15, 0.2) is 105 Å². The maximum atomic E-state index is 6.55. The molecular formula is C20H6N2. The van der Waals surface area contributed by atoms with E-state index < -0.39 is 0 Å². The Morgan fingerprint density at radius 3 is 1.59 bits per heavy atom. The van der Waals surface area contributed by atoms with Crippen molar-refractivity contribution >= 4 is 11.7 Å². The number of hydrogen-bond acceptors (Lipinski definition) is 2. The fourth-order valence-corrected chi connectivity index (χ4v) is 0.712. The molecule has 2 nitrogen and oxygen atoms in total. The van der Waals surface area contributed by atoms with Crippen LogP contribution in [0.5, 0.6) is 0 Å². The minimum absolute atomic E-state index is 0.591. The van der Waals surface area contributed by atoms with Crippen molar-refractivity contribution in [3.05, 3.63) is 105 Å². The first-order valence-electron chi connectivity index (χ1n) is 5.52. The van der Waals surface area contributed by atoms with Crippen LogP contribution in [0.25, 0.3) is 0 Å². The molecule has 0 bridgehead atoms. The van der Waals surface area contributed by atoms with Gasteiger partial charge in [0.05, 0.1) is 0 Å². The van der Waals surface area contributed by atoms with E-state index in [1.807, 2.05) is 11.7 Å². The van der Waals surface area contributed by atoms with Crippen LogP contribution in [0.3, 0.4) is 0 Å². The van der Waals surface area contributed by atoms with E-state index in [9.17, 15) is 0 Å². The third-order valence-electron chi connectivity index (χ3n) is 1.48. The number of allylic oxidation sites excluding steroid dienone is 3. The zero-order chi connectivity index (χ0) is 16.3. The molecule has 0 heterocycles. The molecule has 0 saturated carbocycles. The fourth-order valence-electron chi connectivity index (χ4n) is 0.712. The van der Waals surface area contributed by atoms with Crippen molar-refractivity contribution in [2.45, 2.75) is 0 Å². The Bertz CT molecular complexity index is 1070. The normalized spacial score (nSPS) is 4.73. The molecule has 0 atom stereocenters. The van der Waals surface area contributed by atoms with Gasteiger partial charge in [0.15, 0.2) is 0 Å². The molecule has 96 valence electrons. The van der Waals surface area contributed by atoms with Gasteiger partial charge < -0.3 is 0 Å². The molecular weight excluding hydrogens is 268 g/mol. The van der Waals surface area contributed by atoms with Gasteiger partial charge in [-0.1, -0.05) is 24.1 Å². The van der Waals surface area contributed by atoms with Gasteiger partial charge in [-0.15, -0.1) is 0 Å². The molecule has 0 radical (unpaired) electrons. The van der Waals surface area contributed by atoms with Crippen molar-refractivity contribution in [1.82, 2.24) is 0 Å². The highest BCUT2D eigenvalue weighted by Crippen LogP contribution is 1.91. The molecule has 0 rings (SSSR count). The average Bonchev–Trinajstić information content (AvgIpc) is 2.54. The van der Waals surface area contributed by atoms with Crippen molar-refractivity contribution in [2.75, 3.05) is 0 Å². The van der Waals surface area contributed by atoms with E-state index in [-0.39, 0.29) is 0 Å². The fraction of sp³-hybridized carbons (Fsp3) is 0. The van der Waals surface area contributed by atoms with Gasteiger partial charge >= 0.3 is 0 Å². The highest BCUT2D eigenvalue weighted by Gasteiger charge is 1.75. The molecule has 0 aliphatic heterocycles. The molecule has 22 heavy (non-hydrogen) atoms. The first kappa shape index (κ1) is 17.6. The largest absolute Gasteiger partial charge is 0.251 e. The first-order chi connectivity index (χ1) is 10.8. The van der Waals surface area contributed by atoms with Crippen molar-refractivity contribution in [3.63, 3.8) is 0 Å². The van der Waals surface area contributed by atoms with Crippen LogP contribution in [0.1, 0.15) is 0 Å². The van der Waals surface area contributed by atoms with Gasteiger partial charge in [0, 0.05) is 63.5 Å². The highest BCUT2D eigenvalue weighted by atomic mass is 14.3. The standard InChI is InChI=1S/C20H6N2/c1-2-20(17-13-9-7-11-15-19-22)16-12-8-5-3-4-6-10-14-18-21/h2,16,21-22H,1H2. The van der Waals surface area contributed by atoms with Crippen LogP contribution >= 0.6 is 0 Å². The Morgan fingerprint density at radius 1 is 0.636 bits per heavy atom. The van der Waals surface area contributed by atoms with Gasteiger partial charge in [-0.25, -0.2) is 0 Å². The molecule has 0 unspecified atom stereocenters. The summed E-state index contributed by atoms with van der Waals surface area (Å²) in [5.41, 5.74) is 35.1. The predicted molar refractivity (Wildman–Crippen MR) is 82.9 cm³/mol. The van der Waals surface area contributed by atoms with Gasteiger partial charge in [-0.2, -0.15) is 0 Å². The molecule has 0 amide bonds. The molecule has 0 aromatic carbocycles. The van der Waals surface area contributed by atoms with Crippen LogP contribution < -0.4 is 0 Å². The SMILES string of the molecule is C=CC(=C=C=C=C=C=C=C=N)C=C=C=C=C=C=C=C=C=C=N. The summed E-state index contributed by atoms with van der Waals surface area (Å²) in [4.78, 5) is 0. The third kappa shape index (κ3) is 12.0. The van der Waals surface area contributed by atoms with Crippen LogP contribution in [-0.2, 0) is 0 Å². The highest BCUT2D eigenvalue weighted by molar-refractivity contribution is 5.45. The summed E-state index contributed by atoms with van der Waals surface area (Å²) in [6, 6.07) is 0. The van der Waals surface area contributed by atoms with Crippen LogP contribution in [0.4, 0.5) is 0 Å². The first-order valence-corrected chi connectivity index (χ1v) is 5.52. The lowest BCUT2D eigenvalue weighted by molar-refractivity contribution is 1.60. The Morgan fingerprint density at radius 2 is 1.09 bits per heavy atom. The maximum Gasteiger partial charge on any atom is 0.0399 e. The topological polar surface area (TPSA) is 47.7 Å². The predicted octanol–water partition coefficient (Wildman–Crippen LogP) is 3.32. The van der Waals surface area contributed by atoms with Gasteiger partial charge in [-0.3, -0.25) is 10.8 Å². The monoisotopic (exact) mass is 274 g/mol. The Labute approximate surface area is 127 Å². The molecule has 0 aromatic rings. The average molecular weight is 274 g/mol. The van der Waals surface area contributed by atoms with E-state index in [2.05, 4.69) is 86.8 Å². The van der Waals surface area contributed by atoms with Crippen molar-refractivity contribution in [3.8, 4) is 0 Å². The summed E-state index contributed by atoms with van der Waals surface area (Å²) in [5, 5.41) is 13.1. The summed E-state index contributed by atoms with van der Waals surface area (Å²) in [7, 11) is 0. The number of rotatable bonds is 2. The summed E-state index contributed by atoms with van der Waals surface area (Å²) in [5.74, 6) is 3.77. The summed E-state index contributed by atoms with van der Waals surface area (Å²) >= 11 is 0. The number of nitrogens with one attached hydrogen (secondary N) is 2. The van der Waals surface area contributed by atoms with Crippen molar-refractivity contribution < 1.29 is 0 Å². The van der Waals surface area contributed by atoms with E-state index in [0.717, 1.165) is 0 Å². The lowest BCUT2D eigenvalue weighted by atomic mass is 10.3. The zero-order valence-corrected chi connectivity index (χ0v) is 11.4. The minimum Gasteiger partial charge on any atom is -0.251 e. The Kier molecular flexibility index (Phi) is 11.7. The van der Waals surface area contributed by atoms with Gasteiger partial charge in [0.25, 0.3) is 0 Å². The molecule has 0 spiro atoms. The third-order valence-corrected chi connectivity index (χ3v) is 1.48. The lowest BCUT2D eigenvalue weighted by Gasteiger charge is -1.76. The van der Waals surface area contributed by atoms with E-state index in [0.29, 0.717) is 5.57 Å². The van der Waals surface area contributed by atoms with Gasteiger partial charge in [0.2, 0.25) is 0 Å². The van der Waals surface area contributed by atoms with E-state index in [4.69, 9.17) is 10.8 Å². The van der Waals surface area contributed by atoms with Gasteiger partial charge in [0.1, 0.15) is 0 Å². The van der Waals surface area contributed by atoms with Crippen LogP contribution in [0, 0.1) is 10.8 Å². The van der Waals surface area contributed by atoms with Crippen molar-refractivity contribution in [1.29, 1.82) is 10.8 Å². The Balaban J connectivity index is 5.90. The molecule has 2 N–H and O–H groups in total. The molecule has 0 saturated heterocycles. The lowest BCUT2D eigenvalue weighted by Crippen LogP contribution is -1.60.